The second kappa shape index (κ2) is 8.54. The highest BCUT2D eigenvalue weighted by atomic mass is 16.5. The summed E-state index contributed by atoms with van der Waals surface area (Å²) in [7, 11) is 1.63. The van der Waals surface area contributed by atoms with Crippen LogP contribution in [0.1, 0.15) is 38.2 Å². The Bertz CT molecular complexity index is 739. The van der Waals surface area contributed by atoms with Gasteiger partial charge < -0.3 is 9.64 Å². The van der Waals surface area contributed by atoms with Crippen molar-refractivity contribution < 1.29 is 23.9 Å². The van der Waals surface area contributed by atoms with E-state index in [9.17, 15) is 19.2 Å². The van der Waals surface area contributed by atoms with E-state index < -0.39 is 18.6 Å². The molecular weight excluding hydrogens is 360 g/mol. The molecule has 7 nitrogen and oxygen atoms in total. The number of hydrogen-bond donors (Lipinski definition) is 0. The molecule has 1 saturated heterocycles. The SMILES string of the molecule is C[C@@H](C(=O)OCC(=O)N(C)Cc1ccccc1)N1C(=O)[C@@H]2CCCC[C@H]2C1=O. The minimum absolute atomic E-state index is 0.285. The van der Waals surface area contributed by atoms with E-state index in [2.05, 4.69) is 0 Å². The zero-order valence-electron chi connectivity index (χ0n) is 16.3. The van der Waals surface area contributed by atoms with Crippen molar-refractivity contribution in [3.05, 3.63) is 35.9 Å². The highest BCUT2D eigenvalue weighted by Crippen LogP contribution is 2.38. The first-order valence-corrected chi connectivity index (χ1v) is 9.71. The Morgan fingerprint density at radius 1 is 1.11 bits per heavy atom. The lowest BCUT2D eigenvalue weighted by Crippen LogP contribution is -2.45. The van der Waals surface area contributed by atoms with Crippen LogP contribution in [-0.2, 0) is 30.5 Å². The molecule has 0 bridgehead atoms. The summed E-state index contributed by atoms with van der Waals surface area (Å²) in [5.74, 6) is -2.28. The number of amides is 3. The van der Waals surface area contributed by atoms with Gasteiger partial charge in [0.05, 0.1) is 11.8 Å². The minimum atomic E-state index is -1.02. The number of hydrogen-bond acceptors (Lipinski definition) is 5. The van der Waals surface area contributed by atoms with Gasteiger partial charge in [-0.25, -0.2) is 4.79 Å². The minimum Gasteiger partial charge on any atom is -0.454 e. The molecule has 150 valence electrons. The second-order valence-corrected chi connectivity index (χ2v) is 7.56. The average Bonchev–Trinajstić information content (AvgIpc) is 2.96. The largest absolute Gasteiger partial charge is 0.454 e. The number of ether oxygens (including phenoxy) is 1. The molecule has 1 aromatic rings. The van der Waals surface area contributed by atoms with Gasteiger partial charge in [0, 0.05) is 13.6 Å². The molecule has 28 heavy (non-hydrogen) atoms. The van der Waals surface area contributed by atoms with Gasteiger partial charge in [-0.1, -0.05) is 43.2 Å². The Morgan fingerprint density at radius 2 is 1.68 bits per heavy atom. The van der Waals surface area contributed by atoms with Crippen molar-refractivity contribution in [2.45, 2.75) is 45.2 Å². The number of likely N-dealkylation sites (N-methyl/N-ethyl adjacent to an activating group) is 1. The van der Waals surface area contributed by atoms with Gasteiger partial charge in [0.2, 0.25) is 11.8 Å². The summed E-state index contributed by atoms with van der Waals surface area (Å²) in [6.07, 6.45) is 3.23. The predicted molar refractivity (Wildman–Crippen MR) is 101 cm³/mol. The van der Waals surface area contributed by atoms with Crippen LogP contribution in [-0.4, -0.2) is 53.2 Å². The monoisotopic (exact) mass is 386 g/mol. The summed E-state index contributed by atoms with van der Waals surface area (Å²) in [4.78, 5) is 52.2. The van der Waals surface area contributed by atoms with Gasteiger partial charge in [0.25, 0.3) is 5.91 Å². The number of fused-ring (bicyclic) bond motifs is 1. The Labute approximate surface area is 164 Å². The molecule has 1 aliphatic heterocycles. The van der Waals surface area contributed by atoms with E-state index in [1.54, 1.807) is 7.05 Å². The maximum atomic E-state index is 12.6. The fourth-order valence-corrected chi connectivity index (χ4v) is 3.98. The van der Waals surface area contributed by atoms with E-state index in [0.717, 1.165) is 23.3 Å². The maximum absolute atomic E-state index is 12.6. The lowest BCUT2D eigenvalue weighted by atomic mass is 9.81. The van der Waals surface area contributed by atoms with E-state index in [1.807, 2.05) is 30.3 Å². The molecule has 0 N–H and O–H groups in total. The molecule has 2 aliphatic rings. The average molecular weight is 386 g/mol. The summed E-state index contributed by atoms with van der Waals surface area (Å²) >= 11 is 0. The smallest absolute Gasteiger partial charge is 0.329 e. The topological polar surface area (TPSA) is 84.0 Å². The number of nitrogens with zero attached hydrogens (tertiary/aromatic N) is 2. The highest BCUT2D eigenvalue weighted by Gasteiger charge is 2.51. The lowest BCUT2D eigenvalue weighted by Gasteiger charge is -2.22. The second-order valence-electron chi connectivity index (χ2n) is 7.56. The van der Waals surface area contributed by atoms with E-state index in [0.29, 0.717) is 19.4 Å². The number of carbonyl (C=O) groups excluding carboxylic acids is 4. The Kier molecular flexibility index (Phi) is 6.11. The predicted octanol–water partition coefficient (Wildman–Crippen LogP) is 1.75. The molecule has 1 aromatic carbocycles. The summed E-state index contributed by atoms with van der Waals surface area (Å²) in [5.41, 5.74) is 0.967. The van der Waals surface area contributed by atoms with Gasteiger partial charge in [-0.2, -0.15) is 0 Å². The van der Waals surface area contributed by atoms with Crippen molar-refractivity contribution in [1.29, 1.82) is 0 Å². The molecule has 0 spiro atoms. The fourth-order valence-electron chi connectivity index (χ4n) is 3.98. The zero-order chi connectivity index (χ0) is 20.3. The van der Waals surface area contributed by atoms with Crippen LogP contribution in [0.5, 0.6) is 0 Å². The third kappa shape index (κ3) is 4.08. The molecule has 0 aromatic heterocycles. The quantitative estimate of drug-likeness (QED) is 0.549. The van der Waals surface area contributed by atoms with Crippen LogP contribution < -0.4 is 0 Å². The molecule has 3 rings (SSSR count). The number of carbonyl (C=O) groups is 4. The van der Waals surface area contributed by atoms with Crippen LogP contribution in [0.3, 0.4) is 0 Å². The van der Waals surface area contributed by atoms with Gasteiger partial charge in [-0.3, -0.25) is 19.3 Å². The molecule has 1 aliphatic carbocycles. The summed E-state index contributed by atoms with van der Waals surface area (Å²) in [5, 5.41) is 0. The number of benzene rings is 1. The van der Waals surface area contributed by atoms with E-state index in [-0.39, 0.29) is 29.6 Å². The molecule has 7 heteroatoms. The molecule has 1 heterocycles. The summed E-state index contributed by atoms with van der Waals surface area (Å²) in [6, 6.07) is 8.46. The first-order valence-electron chi connectivity index (χ1n) is 9.71. The van der Waals surface area contributed by atoms with Crippen molar-refractivity contribution in [2.24, 2.45) is 11.8 Å². The first-order chi connectivity index (χ1) is 13.4. The Morgan fingerprint density at radius 3 is 2.25 bits per heavy atom. The molecule has 0 unspecified atom stereocenters. The van der Waals surface area contributed by atoms with Gasteiger partial charge in [-0.15, -0.1) is 0 Å². The number of rotatable bonds is 6. The third-order valence-electron chi connectivity index (χ3n) is 5.63. The van der Waals surface area contributed by atoms with Gasteiger partial charge >= 0.3 is 5.97 Å². The normalized spacial score (nSPS) is 22.6. The van der Waals surface area contributed by atoms with E-state index in [4.69, 9.17) is 4.74 Å². The molecule has 3 amide bonds. The molecular formula is C21H26N2O5. The van der Waals surface area contributed by atoms with Crippen molar-refractivity contribution >= 4 is 23.7 Å². The van der Waals surface area contributed by atoms with Crippen LogP contribution in [0.4, 0.5) is 0 Å². The van der Waals surface area contributed by atoms with Gasteiger partial charge in [-0.05, 0) is 25.3 Å². The summed E-state index contributed by atoms with van der Waals surface area (Å²) < 4.78 is 5.11. The van der Waals surface area contributed by atoms with E-state index >= 15 is 0 Å². The molecule has 0 radical (unpaired) electrons. The Hall–Kier alpha value is -2.70. The van der Waals surface area contributed by atoms with Crippen molar-refractivity contribution in [3.8, 4) is 0 Å². The maximum Gasteiger partial charge on any atom is 0.329 e. The first kappa shape index (κ1) is 20.0. The standard InChI is InChI=1S/C21H26N2O5/c1-14(23-19(25)16-10-6-7-11-17(16)20(23)26)21(27)28-13-18(24)22(2)12-15-8-4-3-5-9-15/h3-5,8-9,14,16-17H,6-7,10-13H2,1-2H3/t14-,16+,17+/m0/s1. The molecule has 2 fully saturated rings. The number of esters is 1. The van der Waals surface area contributed by atoms with Crippen molar-refractivity contribution in [3.63, 3.8) is 0 Å². The van der Waals surface area contributed by atoms with Crippen LogP contribution in [0.2, 0.25) is 0 Å². The van der Waals surface area contributed by atoms with Crippen molar-refractivity contribution in [1.82, 2.24) is 9.80 Å². The van der Waals surface area contributed by atoms with Crippen LogP contribution in [0.25, 0.3) is 0 Å². The number of imide groups is 1. The fraction of sp³-hybridized carbons (Fsp3) is 0.524. The molecule has 1 saturated carbocycles. The third-order valence-corrected chi connectivity index (χ3v) is 5.63. The lowest BCUT2D eigenvalue weighted by molar-refractivity contribution is -0.161. The molecule has 3 atom stereocenters. The summed E-state index contributed by atoms with van der Waals surface area (Å²) in [6.45, 7) is 1.46. The van der Waals surface area contributed by atoms with E-state index in [1.165, 1.54) is 11.8 Å². The highest BCUT2D eigenvalue weighted by molar-refractivity contribution is 6.07. The number of likely N-dealkylation sites (tertiary alicyclic amines) is 1. The van der Waals surface area contributed by atoms with Crippen molar-refractivity contribution in [2.75, 3.05) is 13.7 Å². The Balaban J connectivity index is 1.53. The van der Waals surface area contributed by atoms with Crippen LogP contribution >= 0.6 is 0 Å². The van der Waals surface area contributed by atoms with Crippen LogP contribution in [0, 0.1) is 11.8 Å². The van der Waals surface area contributed by atoms with Gasteiger partial charge in [0.15, 0.2) is 6.61 Å². The zero-order valence-corrected chi connectivity index (χ0v) is 16.3. The van der Waals surface area contributed by atoms with Gasteiger partial charge in [0.1, 0.15) is 6.04 Å². The van der Waals surface area contributed by atoms with Crippen LogP contribution in [0.15, 0.2) is 30.3 Å².